The first-order valence-corrected chi connectivity index (χ1v) is 3.66. The van der Waals surface area contributed by atoms with Crippen molar-refractivity contribution in [2.24, 2.45) is 0 Å². The summed E-state index contributed by atoms with van der Waals surface area (Å²) in [5, 5.41) is 0. The van der Waals surface area contributed by atoms with Crippen molar-refractivity contribution in [3.63, 3.8) is 0 Å². The van der Waals surface area contributed by atoms with Crippen molar-refractivity contribution < 1.29 is 9.53 Å². The standard InChI is InChI=1S/C9H10NO2/c10-9-3-1-2-8(6-9)4-5-12-7-11/h1-3,6H,4-5,10H2. The van der Waals surface area contributed by atoms with Crippen molar-refractivity contribution in [1.82, 2.24) is 0 Å². The highest BCUT2D eigenvalue weighted by Gasteiger charge is 1.93. The van der Waals surface area contributed by atoms with Crippen LogP contribution in [-0.2, 0) is 16.0 Å². The molecule has 0 saturated carbocycles. The zero-order valence-corrected chi connectivity index (χ0v) is 6.62. The van der Waals surface area contributed by atoms with Gasteiger partial charge in [-0.25, -0.2) is 4.79 Å². The van der Waals surface area contributed by atoms with Crippen molar-refractivity contribution in [1.29, 1.82) is 0 Å². The zero-order chi connectivity index (χ0) is 8.81. The van der Waals surface area contributed by atoms with E-state index in [9.17, 15) is 4.79 Å². The average Bonchev–Trinajstić information content (AvgIpc) is 2.05. The van der Waals surface area contributed by atoms with Crippen LogP contribution in [0.2, 0.25) is 0 Å². The molecule has 1 rings (SSSR count). The van der Waals surface area contributed by atoms with Crippen molar-refractivity contribution in [3.8, 4) is 0 Å². The van der Waals surface area contributed by atoms with Crippen LogP contribution >= 0.6 is 0 Å². The Kier molecular flexibility index (Phi) is 3.14. The van der Waals surface area contributed by atoms with Crippen molar-refractivity contribution in [3.05, 3.63) is 29.8 Å². The van der Waals surface area contributed by atoms with Gasteiger partial charge >= 0.3 is 6.47 Å². The fraction of sp³-hybridized carbons (Fsp3) is 0.222. The summed E-state index contributed by atoms with van der Waals surface area (Å²) < 4.78 is 4.43. The number of hydrogen-bond donors (Lipinski definition) is 1. The van der Waals surface area contributed by atoms with Crippen molar-refractivity contribution in [2.75, 3.05) is 12.3 Å². The fourth-order valence-electron chi connectivity index (χ4n) is 0.959. The molecule has 0 atom stereocenters. The van der Waals surface area contributed by atoms with Gasteiger partial charge in [-0.2, -0.15) is 0 Å². The van der Waals surface area contributed by atoms with Gasteiger partial charge in [-0.3, -0.25) is 0 Å². The number of nitrogen functional groups attached to an aromatic ring is 1. The first kappa shape index (κ1) is 8.59. The summed E-state index contributed by atoms with van der Waals surface area (Å²) in [6.45, 7) is 1.73. The van der Waals surface area contributed by atoms with Gasteiger partial charge in [-0.1, -0.05) is 12.1 Å². The molecule has 63 valence electrons. The van der Waals surface area contributed by atoms with Gasteiger partial charge in [0, 0.05) is 12.1 Å². The molecule has 0 spiro atoms. The third-order valence-corrected chi connectivity index (χ3v) is 1.50. The highest BCUT2D eigenvalue weighted by molar-refractivity contribution is 5.41. The summed E-state index contributed by atoms with van der Waals surface area (Å²) in [5.41, 5.74) is 7.33. The van der Waals surface area contributed by atoms with Gasteiger partial charge in [0.15, 0.2) is 0 Å². The molecular weight excluding hydrogens is 154 g/mol. The summed E-state index contributed by atoms with van der Waals surface area (Å²) in [6, 6.07) is 7.48. The number of carbonyl (C=O) groups excluding carboxylic acids is 1. The van der Waals surface area contributed by atoms with Gasteiger partial charge in [0.2, 0.25) is 0 Å². The molecule has 3 heteroatoms. The molecule has 2 N–H and O–H groups in total. The minimum absolute atomic E-state index is 0.354. The second-order valence-corrected chi connectivity index (χ2v) is 2.43. The Morgan fingerprint density at radius 3 is 3.00 bits per heavy atom. The molecule has 3 nitrogen and oxygen atoms in total. The van der Waals surface area contributed by atoms with E-state index in [2.05, 4.69) is 4.74 Å². The van der Waals surface area contributed by atoms with Crippen LogP contribution in [0.5, 0.6) is 0 Å². The zero-order valence-electron chi connectivity index (χ0n) is 6.62. The van der Waals surface area contributed by atoms with Crippen LogP contribution in [0.15, 0.2) is 24.3 Å². The highest BCUT2D eigenvalue weighted by atomic mass is 16.5. The number of nitrogens with two attached hydrogens (primary N) is 1. The van der Waals surface area contributed by atoms with E-state index >= 15 is 0 Å². The van der Waals surface area contributed by atoms with Gasteiger partial charge in [0.05, 0.1) is 6.61 Å². The lowest BCUT2D eigenvalue weighted by Gasteiger charge is -2.00. The van der Waals surface area contributed by atoms with Crippen LogP contribution in [0.4, 0.5) is 5.69 Å². The molecule has 0 aliphatic heterocycles. The molecule has 0 aliphatic rings. The molecule has 12 heavy (non-hydrogen) atoms. The van der Waals surface area contributed by atoms with E-state index in [0.717, 1.165) is 11.3 Å². The molecule has 0 aromatic heterocycles. The molecular formula is C9H10NO2. The van der Waals surface area contributed by atoms with Gasteiger partial charge in [-0.05, 0) is 17.7 Å². The molecule has 1 aromatic carbocycles. The molecule has 0 bridgehead atoms. The lowest BCUT2D eigenvalue weighted by Crippen LogP contribution is -1.97. The summed E-state index contributed by atoms with van der Waals surface area (Å²) in [7, 11) is 0. The van der Waals surface area contributed by atoms with Crippen molar-refractivity contribution in [2.45, 2.75) is 6.42 Å². The maximum absolute atomic E-state index is 9.69. The Morgan fingerprint density at radius 1 is 1.50 bits per heavy atom. The Hall–Kier alpha value is -1.51. The maximum Gasteiger partial charge on any atom is 0.417 e. The average molecular weight is 164 g/mol. The van der Waals surface area contributed by atoms with E-state index in [1.807, 2.05) is 24.3 Å². The minimum Gasteiger partial charge on any atom is -0.457 e. The Balaban J connectivity index is 2.46. The predicted octanol–water partition coefficient (Wildman–Crippen LogP) is 0.895. The van der Waals surface area contributed by atoms with Crippen LogP contribution in [-0.4, -0.2) is 13.1 Å². The second kappa shape index (κ2) is 4.38. The second-order valence-electron chi connectivity index (χ2n) is 2.43. The van der Waals surface area contributed by atoms with E-state index < -0.39 is 0 Å². The topological polar surface area (TPSA) is 52.3 Å². The van der Waals surface area contributed by atoms with Crippen LogP contribution in [0.25, 0.3) is 0 Å². The highest BCUT2D eigenvalue weighted by Crippen LogP contribution is 2.06. The summed E-state index contributed by atoms with van der Waals surface area (Å²) in [6.07, 6.45) is 0.681. The Labute approximate surface area is 71.1 Å². The van der Waals surface area contributed by atoms with E-state index in [4.69, 9.17) is 5.73 Å². The molecule has 0 saturated heterocycles. The van der Waals surface area contributed by atoms with E-state index in [0.29, 0.717) is 13.0 Å². The number of anilines is 1. The Bertz CT molecular complexity index is 260. The molecule has 1 aromatic rings. The van der Waals surface area contributed by atoms with Gasteiger partial charge in [0.25, 0.3) is 0 Å². The van der Waals surface area contributed by atoms with E-state index in [1.54, 1.807) is 0 Å². The summed E-state index contributed by atoms with van der Waals surface area (Å²) >= 11 is 0. The number of rotatable bonds is 4. The first-order chi connectivity index (χ1) is 5.83. The SMILES string of the molecule is Nc1cccc(CCO[C]=O)c1. The summed E-state index contributed by atoms with van der Waals surface area (Å²) in [5.74, 6) is 0. The quantitative estimate of drug-likeness (QED) is 0.531. The van der Waals surface area contributed by atoms with Crippen LogP contribution < -0.4 is 5.73 Å². The third-order valence-electron chi connectivity index (χ3n) is 1.50. The number of benzene rings is 1. The van der Waals surface area contributed by atoms with Gasteiger partial charge in [-0.15, -0.1) is 0 Å². The normalized spacial score (nSPS) is 9.33. The largest absolute Gasteiger partial charge is 0.457 e. The van der Waals surface area contributed by atoms with Gasteiger partial charge < -0.3 is 10.5 Å². The molecule has 0 aliphatic carbocycles. The molecule has 0 unspecified atom stereocenters. The van der Waals surface area contributed by atoms with E-state index in [-0.39, 0.29) is 0 Å². The smallest absolute Gasteiger partial charge is 0.417 e. The number of hydrogen-bond acceptors (Lipinski definition) is 3. The summed E-state index contributed by atoms with van der Waals surface area (Å²) in [4.78, 5) is 9.69. The lowest BCUT2D eigenvalue weighted by molar-refractivity contribution is 0.282. The molecule has 0 amide bonds. The van der Waals surface area contributed by atoms with E-state index in [1.165, 1.54) is 6.47 Å². The predicted molar refractivity (Wildman–Crippen MR) is 46.2 cm³/mol. The number of ether oxygens (including phenoxy) is 1. The Morgan fingerprint density at radius 2 is 2.33 bits per heavy atom. The van der Waals surface area contributed by atoms with Crippen molar-refractivity contribution >= 4 is 12.2 Å². The van der Waals surface area contributed by atoms with Crippen LogP contribution in [0, 0.1) is 0 Å². The third kappa shape index (κ3) is 2.62. The van der Waals surface area contributed by atoms with Gasteiger partial charge in [0.1, 0.15) is 0 Å². The van der Waals surface area contributed by atoms with Crippen LogP contribution in [0.1, 0.15) is 5.56 Å². The first-order valence-electron chi connectivity index (χ1n) is 3.66. The molecule has 1 radical (unpaired) electrons. The lowest BCUT2D eigenvalue weighted by atomic mass is 10.1. The monoisotopic (exact) mass is 164 g/mol. The maximum atomic E-state index is 9.69. The van der Waals surface area contributed by atoms with Crippen LogP contribution in [0.3, 0.4) is 0 Å². The fourth-order valence-corrected chi connectivity index (χ4v) is 0.959. The minimum atomic E-state index is 0.354. The molecule has 0 fully saturated rings. The molecule has 0 heterocycles.